The molecule has 2 rings (SSSR count). The van der Waals surface area contributed by atoms with Crippen molar-refractivity contribution in [1.82, 2.24) is 4.90 Å². The van der Waals surface area contributed by atoms with E-state index in [2.05, 4.69) is 16.3 Å². The molecule has 0 unspecified atom stereocenters. The molecular formula is C13H22N2S2. The third-order valence-corrected chi connectivity index (χ3v) is 5.10. The van der Waals surface area contributed by atoms with Crippen LogP contribution in [0.5, 0.6) is 0 Å². The van der Waals surface area contributed by atoms with Crippen molar-refractivity contribution in [2.45, 2.75) is 31.6 Å². The van der Waals surface area contributed by atoms with Crippen LogP contribution >= 0.6 is 23.1 Å². The second-order valence-corrected chi connectivity index (χ2v) is 6.70. The third kappa shape index (κ3) is 4.62. The number of rotatable bonds is 6. The van der Waals surface area contributed by atoms with E-state index in [9.17, 15) is 0 Å². The van der Waals surface area contributed by atoms with E-state index in [1.165, 1.54) is 42.8 Å². The Labute approximate surface area is 113 Å². The van der Waals surface area contributed by atoms with Crippen LogP contribution in [-0.2, 0) is 12.3 Å². The predicted molar refractivity (Wildman–Crippen MR) is 78.7 cm³/mol. The van der Waals surface area contributed by atoms with Gasteiger partial charge in [-0.15, -0.1) is 11.3 Å². The van der Waals surface area contributed by atoms with Crippen molar-refractivity contribution in [1.29, 1.82) is 0 Å². The molecule has 0 saturated carbocycles. The molecule has 0 amide bonds. The molecule has 4 heteroatoms. The first-order chi connectivity index (χ1) is 8.38. The second-order valence-electron chi connectivity index (χ2n) is 4.60. The summed E-state index contributed by atoms with van der Waals surface area (Å²) in [6.07, 6.45) is 4.18. The quantitative estimate of drug-likeness (QED) is 0.806. The molecule has 0 atom stereocenters. The summed E-state index contributed by atoms with van der Waals surface area (Å²) in [4.78, 5) is 4.11. The van der Waals surface area contributed by atoms with E-state index in [-0.39, 0.29) is 0 Å². The number of thioether (sulfide) groups is 1. The molecule has 1 aliphatic heterocycles. The van der Waals surface area contributed by atoms with Crippen LogP contribution in [0.3, 0.4) is 0 Å². The highest BCUT2D eigenvalue weighted by Crippen LogP contribution is 2.22. The fourth-order valence-corrected chi connectivity index (χ4v) is 3.95. The highest BCUT2D eigenvalue weighted by atomic mass is 32.2. The lowest BCUT2D eigenvalue weighted by molar-refractivity contribution is 0.222. The number of likely N-dealkylation sites (tertiary alicyclic amines) is 1. The Balaban J connectivity index is 1.76. The molecule has 2 heterocycles. The Bertz CT molecular complexity index is 319. The molecule has 0 radical (unpaired) electrons. The molecular weight excluding hydrogens is 248 g/mol. The summed E-state index contributed by atoms with van der Waals surface area (Å²) in [6, 6.07) is 2.38. The van der Waals surface area contributed by atoms with Crippen LogP contribution in [-0.4, -0.2) is 30.3 Å². The zero-order chi connectivity index (χ0) is 11.9. The molecule has 1 aromatic rings. The molecule has 0 aliphatic carbocycles. The lowest BCUT2D eigenvalue weighted by Crippen LogP contribution is -2.28. The van der Waals surface area contributed by atoms with E-state index >= 15 is 0 Å². The fraction of sp³-hybridized carbons (Fsp3) is 0.692. The first kappa shape index (κ1) is 13.4. The Morgan fingerprint density at radius 2 is 2.12 bits per heavy atom. The minimum atomic E-state index is 0.787. The number of hydrogen-bond acceptors (Lipinski definition) is 4. The highest BCUT2D eigenvalue weighted by Gasteiger charge is 2.11. The van der Waals surface area contributed by atoms with E-state index in [0.29, 0.717) is 0 Å². The number of hydrogen-bond donors (Lipinski definition) is 1. The molecule has 1 aromatic heterocycles. The van der Waals surface area contributed by atoms with Crippen molar-refractivity contribution in [2.75, 3.05) is 25.4 Å². The van der Waals surface area contributed by atoms with E-state index < -0.39 is 0 Å². The summed E-state index contributed by atoms with van der Waals surface area (Å²) in [5, 5.41) is 2.31. The third-order valence-electron chi connectivity index (χ3n) is 3.07. The topological polar surface area (TPSA) is 29.3 Å². The summed E-state index contributed by atoms with van der Waals surface area (Å²) in [5.41, 5.74) is 6.97. The maximum absolute atomic E-state index is 5.50. The monoisotopic (exact) mass is 270 g/mol. The van der Waals surface area contributed by atoms with Gasteiger partial charge in [0.25, 0.3) is 0 Å². The summed E-state index contributed by atoms with van der Waals surface area (Å²) < 4.78 is 0. The average molecular weight is 270 g/mol. The minimum absolute atomic E-state index is 0.787. The Morgan fingerprint density at radius 1 is 1.29 bits per heavy atom. The van der Waals surface area contributed by atoms with Crippen LogP contribution in [0.4, 0.5) is 0 Å². The first-order valence-corrected chi connectivity index (χ1v) is 8.48. The largest absolute Gasteiger partial charge is 0.330 e. The molecule has 1 aliphatic rings. The van der Waals surface area contributed by atoms with Gasteiger partial charge in [0.1, 0.15) is 0 Å². The molecule has 0 spiro atoms. The van der Waals surface area contributed by atoms with E-state index in [1.807, 2.05) is 23.1 Å². The first-order valence-electron chi connectivity index (χ1n) is 6.45. The van der Waals surface area contributed by atoms with Crippen molar-refractivity contribution < 1.29 is 0 Å². The van der Waals surface area contributed by atoms with Gasteiger partial charge in [0, 0.05) is 29.5 Å². The van der Waals surface area contributed by atoms with Crippen LogP contribution in [0.1, 0.15) is 29.7 Å². The maximum atomic E-state index is 5.50. The average Bonchev–Trinajstić information content (AvgIpc) is 2.79. The molecule has 1 fully saturated rings. The molecule has 1 saturated heterocycles. The van der Waals surface area contributed by atoms with E-state index in [0.717, 1.165) is 24.6 Å². The predicted octanol–water partition coefficient (Wildman–Crippen LogP) is 2.93. The van der Waals surface area contributed by atoms with Crippen LogP contribution in [0.2, 0.25) is 0 Å². The van der Waals surface area contributed by atoms with Gasteiger partial charge in [0.15, 0.2) is 0 Å². The summed E-state index contributed by atoms with van der Waals surface area (Å²) >= 11 is 3.85. The van der Waals surface area contributed by atoms with Gasteiger partial charge in [0.2, 0.25) is 0 Å². The lowest BCUT2D eigenvalue weighted by atomic mass is 10.1. The van der Waals surface area contributed by atoms with Crippen LogP contribution in [0.25, 0.3) is 0 Å². The molecule has 2 nitrogen and oxygen atoms in total. The summed E-state index contributed by atoms with van der Waals surface area (Å²) in [7, 11) is 0. The van der Waals surface area contributed by atoms with Gasteiger partial charge in [-0.05, 0) is 42.9 Å². The van der Waals surface area contributed by atoms with Crippen molar-refractivity contribution >= 4 is 23.1 Å². The number of thiophene rings is 1. The summed E-state index contributed by atoms with van der Waals surface area (Å²) in [6.45, 7) is 4.52. The molecule has 96 valence electrons. The Kier molecular flexibility index (Phi) is 5.85. The van der Waals surface area contributed by atoms with Gasteiger partial charge in [-0.3, -0.25) is 4.90 Å². The standard InChI is InChI=1S/C13H22N2S2/c14-4-7-16-10-12-8-13(17-11-12)9-15-5-2-1-3-6-15/h8,11H,1-7,9-10,14H2. The number of nitrogens with two attached hydrogens (primary N) is 1. The van der Waals surface area contributed by atoms with Crippen molar-refractivity contribution in [3.63, 3.8) is 0 Å². The van der Waals surface area contributed by atoms with Gasteiger partial charge in [0.05, 0.1) is 0 Å². The molecule has 0 aromatic carbocycles. The van der Waals surface area contributed by atoms with Gasteiger partial charge in [-0.2, -0.15) is 11.8 Å². The van der Waals surface area contributed by atoms with E-state index in [4.69, 9.17) is 5.73 Å². The smallest absolute Gasteiger partial charge is 0.0328 e. The van der Waals surface area contributed by atoms with Gasteiger partial charge in [-0.1, -0.05) is 6.42 Å². The zero-order valence-electron chi connectivity index (χ0n) is 10.4. The van der Waals surface area contributed by atoms with Crippen LogP contribution < -0.4 is 5.73 Å². The zero-order valence-corrected chi connectivity index (χ0v) is 12.0. The van der Waals surface area contributed by atoms with E-state index in [1.54, 1.807) is 0 Å². The van der Waals surface area contributed by atoms with Crippen molar-refractivity contribution in [3.05, 3.63) is 21.9 Å². The van der Waals surface area contributed by atoms with Crippen molar-refractivity contribution in [2.24, 2.45) is 5.73 Å². The maximum Gasteiger partial charge on any atom is 0.0328 e. The number of piperidine rings is 1. The lowest BCUT2D eigenvalue weighted by Gasteiger charge is -2.25. The molecule has 2 N–H and O–H groups in total. The Hall–Kier alpha value is -0.0300. The van der Waals surface area contributed by atoms with Gasteiger partial charge >= 0.3 is 0 Å². The highest BCUT2D eigenvalue weighted by molar-refractivity contribution is 7.98. The van der Waals surface area contributed by atoms with Crippen molar-refractivity contribution in [3.8, 4) is 0 Å². The molecule has 17 heavy (non-hydrogen) atoms. The minimum Gasteiger partial charge on any atom is -0.330 e. The second kappa shape index (κ2) is 7.41. The molecule has 0 bridgehead atoms. The van der Waals surface area contributed by atoms with Gasteiger partial charge in [-0.25, -0.2) is 0 Å². The number of nitrogens with zero attached hydrogens (tertiary/aromatic N) is 1. The van der Waals surface area contributed by atoms with Gasteiger partial charge < -0.3 is 5.73 Å². The Morgan fingerprint density at radius 3 is 2.88 bits per heavy atom. The van der Waals surface area contributed by atoms with Crippen LogP contribution in [0.15, 0.2) is 11.4 Å². The SMILES string of the molecule is NCCSCc1csc(CN2CCCCC2)c1. The van der Waals surface area contributed by atoms with Crippen LogP contribution in [0, 0.1) is 0 Å². The summed E-state index contributed by atoms with van der Waals surface area (Å²) in [5.74, 6) is 2.19. The normalized spacial score (nSPS) is 17.5. The fourth-order valence-electron chi connectivity index (χ4n) is 2.20.